The summed E-state index contributed by atoms with van der Waals surface area (Å²) in [4.78, 5) is 30.2. The quantitative estimate of drug-likeness (QED) is 0.457. The standard InChI is InChI=1S/C17H20N2O3S/c1-2-22-16(21)10-11-23-17-18-14(12-15(20)19-17)9-8-13-6-4-3-5-7-13/h3-7,12H,2,8-11H2,1H3,(H,18,19,20). The number of aromatic nitrogens is 2. The summed E-state index contributed by atoms with van der Waals surface area (Å²) >= 11 is 1.36. The third-order valence-corrected chi connectivity index (χ3v) is 4.01. The minimum Gasteiger partial charge on any atom is -0.466 e. The van der Waals surface area contributed by atoms with Gasteiger partial charge in [0.15, 0.2) is 5.16 Å². The molecule has 1 aromatic carbocycles. The first kappa shape index (κ1) is 17.3. The van der Waals surface area contributed by atoms with Crippen molar-refractivity contribution in [3.8, 4) is 0 Å². The highest BCUT2D eigenvalue weighted by molar-refractivity contribution is 7.99. The number of hydrogen-bond donors (Lipinski definition) is 1. The number of H-pyrrole nitrogens is 1. The van der Waals surface area contributed by atoms with Crippen LogP contribution in [0.15, 0.2) is 46.3 Å². The predicted molar refractivity (Wildman–Crippen MR) is 90.7 cm³/mol. The van der Waals surface area contributed by atoms with E-state index in [1.807, 2.05) is 18.2 Å². The van der Waals surface area contributed by atoms with E-state index in [0.717, 1.165) is 12.1 Å². The predicted octanol–water partition coefficient (Wildman–Crippen LogP) is 2.60. The fourth-order valence-corrected chi connectivity index (χ4v) is 2.88. The van der Waals surface area contributed by atoms with Gasteiger partial charge in [-0.1, -0.05) is 42.1 Å². The van der Waals surface area contributed by atoms with Gasteiger partial charge >= 0.3 is 5.97 Å². The van der Waals surface area contributed by atoms with Crippen molar-refractivity contribution in [2.24, 2.45) is 0 Å². The lowest BCUT2D eigenvalue weighted by Gasteiger charge is -2.05. The Balaban J connectivity index is 1.90. The molecule has 0 bridgehead atoms. The monoisotopic (exact) mass is 332 g/mol. The number of carbonyl (C=O) groups excluding carboxylic acids is 1. The highest BCUT2D eigenvalue weighted by atomic mass is 32.2. The molecule has 0 fully saturated rings. The summed E-state index contributed by atoms with van der Waals surface area (Å²) in [6.07, 6.45) is 1.85. The maximum Gasteiger partial charge on any atom is 0.306 e. The van der Waals surface area contributed by atoms with Crippen molar-refractivity contribution in [3.05, 3.63) is 58.0 Å². The van der Waals surface area contributed by atoms with Gasteiger partial charge < -0.3 is 9.72 Å². The van der Waals surface area contributed by atoms with Crippen LogP contribution in [-0.4, -0.2) is 28.3 Å². The fraction of sp³-hybridized carbons (Fsp3) is 0.353. The minimum absolute atomic E-state index is 0.165. The second-order valence-electron chi connectivity index (χ2n) is 4.93. The van der Waals surface area contributed by atoms with Crippen LogP contribution in [-0.2, 0) is 22.4 Å². The summed E-state index contributed by atoms with van der Waals surface area (Å²) in [6, 6.07) is 11.6. The van der Waals surface area contributed by atoms with Crippen molar-refractivity contribution in [3.63, 3.8) is 0 Å². The van der Waals surface area contributed by atoms with E-state index >= 15 is 0 Å². The molecule has 2 aromatic rings. The van der Waals surface area contributed by atoms with E-state index in [-0.39, 0.29) is 11.5 Å². The van der Waals surface area contributed by atoms with Crippen molar-refractivity contribution in [2.45, 2.75) is 31.3 Å². The van der Waals surface area contributed by atoms with E-state index in [0.29, 0.717) is 30.4 Å². The van der Waals surface area contributed by atoms with Gasteiger partial charge in [-0.2, -0.15) is 0 Å². The number of aryl methyl sites for hydroxylation is 2. The van der Waals surface area contributed by atoms with E-state index in [4.69, 9.17) is 4.74 Å². The Morgan fingerprint density at radius 2 is 2.04 bits per heavy atom. The lowest BCUT2D eigenvalue weighted by atomic mass is 10.1. The smallest absolute Gasteiger partial charge is 0.306 e. The Morgan fingerprint density at radius 3 is 2.78 bits per heavy atom. The molecule has 1 heterocycles. The summed E-state index contributed by atoms with van der Waals surface area (Å²) in [5.41, 5.74) is 1.81. The molecule has 0 spiro atoms. The molecule has 0 aliphatic heterocycles. The maximum absolute atomic E-state index is 11.7. The largest absolute Gasteiger partial charge is 0.466 e. The molecule has 23 heavy (non-hydrogen) atoms. The molecule has 5 nitrogen and oxygen atoms in total. The van der Waals surface area contributed by atoms with Crippen molar-refractivity contribution in [2.75, 3.05) is 12.4 Å². The third-order valence-electron chi connectivity index (χ3n) is 3.14. The van der Waals surface area contributed by atoms with E-state index < -0.39 is 0 Å². The molecule has 2 rings (SSSR count). The van der Waals surface area contributed by atoms with Gasteiger partial charge in [0.1, 0.15) is 0 Å². The zero-order valence-electron chi connectivity index (χ0n) is 13.1. The van der Waals surface area contributed by atoms with Crippen LogP contribution in [0.25, 0.3) is 0 Å². The van der Waals surface area contributed by atoms with Gasteiger partial charge in [0.05, 0.1) is 13.0 Å². The Hall–Kier alpha value is -2.08. The van der Waals surface area contributed by atoms with Crippen LogP contribution in [0.3, 0.4) is 0 Å². The topological polar surface area (TPSA) is 72.0 Å². The molecule has 0 aliphatic rings. The average molecular weight is 332 g/mol. The first-order valence-electron chi connectivity index (χ1n) is 7.60. The van der Waals surface area contributed by atoms with Crippen molar-refractivity contribution < 1.29 is 9.53 Å². The highest BCUT2D eigenvalue weighted by Crippen LogP contribution is 2.13. The molecule has 122 valence electrons. The fourth-order valence-electron chi connectivity index (χ4n) is 2.06. The van der Waals surface area contributed by atoms with E-state index in [1.54, 1.807) is 6.92 Å². The van der Waals surface area contributed by atoms with E-state index in [2.05, 4.69) is 22.1 Å². The lowest BCUT2D eigenvalue weighted by molar-refractivity contribution is -0.142. The van der Waals surface area contributed by atoms with Crippen molar-refractivity contribution >= 4 is 17.7 Å². The van der Waals surface area contributed by atoms with Crippen molar-refractivity contribution in [1.29, 1.82) is 0 Å². The van der Waals surface area contributed by atoms with Gasteiger partial charge in [0.2, 0.25) is 0 Å². The van der Waals surface area contributed by atoms with Gasteiger partial charge in [-0.05, 0) is 25.3 Å². The van der Waals surface area contributed by atoms with Gasteiger partial charge in [-0.25, -0.2) is 4.98 Å². The normalized spacial score (nSPS) is 10.5. The van der Waals surface area contributed by atoms with E-state index in [9.17, 15) is 9.59 Å². The number of carbonyl (C=O) groups is 1. The number of aromatic amines is 1. The summed E-state index contributed by atoms with van der Waals surface area (Å²) < 4.78 is 4.87. The number of hydrogen-bond acceptors (Lipinski definition) is 5. The summed E-state index contributed by atoms with van der Waals surface area (Å²) in [6.45, 7) is 2.16. The zero-order chi connectivity index (χ0) is 16.5. The summed E-state index contributed by atoms with van der Waals surface area (Å²) in [5.74, 6) is 0.298. The van der Waals surface area contributed by atoms with Gasteiger partial charge in [0.25, 0.3) is 5.56 Å². The number of thioether (sulfide) groups is 1. The van der Waals surface area contributed by atoms with Gasteiger partial charge in [-0.3, -0.25) is 9.59 Å². The van der Waals surface area contributed by atoms with Crippen LogP contribution in [0.1, 0.15) is 24.6 Å². The number of benzene rings is 1. The molecule has 0 saturated heterocycles. The maximum atomic E-state index is 11.7. The summed E-state index contributed by atoms with van der Waals surface area (Å²) in [7, 11) is 0. The van der Waals surface area contributed by atoms with Gasteiger partial charge in [-0.15, -0.1) is 0 Å². The second kappa shape index (κ2) is 9.15. The molecule has 0 unspecified atom stereocenters. The Bertz CT molecular complexity index is 686. The molecule has 0 atom stereocenters. The SMILES string of the molecule is CCOC(=O)CCSc1nc(CCc2ccccc2)cc(=O)[nH]1. The number of rotatable bonds is 8. The first-order valence-corrected chi connectivity index (χ1v) is 8.58. The molecule has 0 radical (unpaired) electrons. The summed E-state index contributed by atoms with van der Waals surface area (Å²) in [5, 5.41) is 0.546. The Labute approximate surface area is 139 Å². The Kier molecular flexibility index (Phi) is 6.87. The zero-order valence-corrected chi connectivity index (χ0v) is 13.9. The van der Waals surface area contributed by atoms with Gasteiger partial charge in [0, 0.05) is 17.5 Å². The molecular weight excluding hydrogens is 312 g/mol. The van der Waals surface area contributed by atoms with Crippen LogP contribution in [0.4, 0.5) is 0 Å². The van der Waals surface area contributed by atoms with Crippen LogP contribution in [0.5, 0.6) is 0 Å². The first-order chi connectivity index (χ1) is 11.2. The van der Waals surface area contributed by atoms with Crippen LogP contribution >= 0.6 is 11.8 Å². The number of nitrogens with one attached hydrogen (secondary N) is 1. The minimum atomic E-state index is -0.234. The molecule has 0 aliphatic carbocycles. The average Bonchev–Trinajstić information content (AvgIpc) is 2.54. The van der Waals surface area contributed by atoms with E-state index in [1.165, 1.54) is 23.4 Å². The Morgan fingerprint density at radius 1 is 1.26 bits per heavy atom. The molecule has 0 saturated carbocycles. The number of nitrogens with zero attached hydrogens (tertiary/aromatic N) is 1. The second-order valence-corrected chi connectivity index (χ2v) is 6.01. The van der Waals surface area contributed by atoms with Crippen LogP contribution in [0, 0.1) is 0 Å². The molecule has 6 heteroatoms. The number of ether oxygens (including phenoxy) is 1. The molecular formula is C17H20N2O3S. The molecule has 1 N–H and O–H groups in total. The third kappa shape index (κ3) is 6.28. The van der Waals surface area contributed by atoms with Crippen LogP contribution in [0.2, 0.25) is 0 Å². The molecule has 0 amide bonds. The molecule has 1 aromatic heterocycles. The van der Waals surface area contributed by atoms with Crippen LogP contribution < -0.4 is 5.56 Å². The lowest BCUT2D eigenvalue weighted by Crippen LogP contribution is -2.11. The number of esters is 1. The van der Waals surface area contributed by atoms with Crippen molar-refractivity contribution in [1.82, 2.24) is 9.97 Å². The highest BCUT2D eigenvalue weighted by Gasteiger charge is 2.06.